The zero-order valence-electron chi connectivity index (χ0n) is 14.4. The molecule has 1 saturated heterocycles. The number of ether oxygens (including phenoxy) is 1. The van der Waals surface area contributed by atoms with Crippen LogP contribution in [0, 0.1) is 0 Å². The van der Waals surface area contributed by atoms with E-state index in [2.05, 4.69) is 20.6 Å². The van der Waals surface area contributed by atoms with Crippen LogP contribution in [0.5, 0.6) is 0 Å². The molecule has 0 aliphatic carbocycles. The molecular formula is C17H25N5O3. The molecule has 2 atom stereocenters. The molecule has 0 unspecified atom stereocenters. The molecule has 3 rings (SSSR count). The third-order valence-electron chi connectivity index (χ3n) is 4.58. The van der Waals surface area contributed by atoms with Gasteiger partial charge in [-0.3, -0.25) is 4.79 Å². The van der Waals surface area contributed by atoms with Crippen LogP contribution in [0.4, 0.5) is 11.6 Å². The highest BCUT2D eigenvalue weighted by atomic mass is 16.5. The van der Waals surface area contributed by atoms with E-state index in [1.54, 1.807) is 7.05 Å². The maximum absolute atomic E-state index is 12.2. The first-order chi connectivity index (χ1) is 12.2. The lowest BCUT2D eigenvalue weighted by Gasteiger charge is -2.26. The number of anilines is 2. The van der Waals surface area contributed by atoms with Gasteiger partial charge < -0.3 is 25.4 Å². The van der Waals surface area contributed by atoms with Crippen molar-refractivity contribution >= 4 is 17.5 Å². The minimum absolute atomic E-state index is 0.00749. The maximum Gasteiger partial charge on any atom is 0.224 e. The van der Waals surface area contributed by atoms with Gasteiger partial charge in [0.25, 0.3) is 0 Å². The summed E-state index contributed by atoms with van der Waals surface area (Å²) in [5.41, 5.74) is 1.13. The van der Waals surface area contributed by atoms with Crippen LogP contribution in [-0.2, 0) is 9.53 Å². The fourth-order valence-corrected chi connectivity index (χ4v) is 3.23. The molecule has 8 nitrogen and oxygen atoms in total. The summed E-state index contributed by atoms with van der Waals surface area (Å²) in [7, 11) is 1.80. The third kappa shape index (κ3) is 4.67. The average molecular weight is 347 g/mol. The fourth-order valence-electron chi connectivity index (χ4n) is 3.23. The topological polar surface area (TPSA) is 99.6 Å². The van der Waals surface area contributed by atoms with Gasteiger partial charge in [0, 0.05) is 32.6 Å². The van der Waals surface area contributed by atoms with Gasteiger partial charge in [-0.05, 0) is 12.8 Å². The second-order valence-electron chi connectivity index (χ2n) is 6.38. The van der Waals surface area contributed by atoms with E-state index in [-0.39, 0.29) is 11.9 Å². The Morgan fingerprint density at radius 3 is 3.12 bits per heavy atom. The van der Waals surface area contributed by atoms with Crippen molar-refractivity contribution in [1.82, 2.24) is 15.3 Å². The molecule has 2 aliphatic heterocycles. The number of β-amino-alcohol motifs (C(OH)–C–C–N with tert-alkyl or cyclic N) is 1. The molecule has 3 N–H and O–H groups in total. The van der Waals surface area contributed by atoms with Gasteiger partial charge in [0.15, 0.2) is 0 Å². The van der Waals surface area contributed by atoms with Crippen LogP contribution in [0.1, 0.15) is 19.3 Å². The highest BCUT2D eigenvalue weighted by Crippen LogP contribution is 2.25. The number of aromatic nitrogens is 2. The highest BCUT2D eigenvalue weighted by Gasteiger charge is 2.32. The molecule has 25 heavy (non-hydrogen) atoms. The molecule has 0 aromatic carbocycles. The molecule has 8 heteroatoms. The molecule has 0 saturated carbocycles. The van der Waals surface area contributed by atoms with E-state index in [4.69, 9.17) is 4.74 Å². The molecule has 1 aromatic rings. The smallest absolute Gasteiger partial charge is 0.224 e. The lowest BCUT2D eigenvalue weighted by atomic mass is 10.1. The Balaban J connectivity index is 1.58. The molecular weight excluding hydrogens is 322 g/mol. The molecule has 136 valence electrons. The monoisotopic (exact) mass is 347 g/mol. The van der Waals surface area contributed by atoms with Crippen molar-refractivity contribution in [2.24, 2.45) is 0 Å². The van der Waals surface area contributed by atoms with Gasteiger partial charge in [-0.25, -0.2) is 9.97 Å². The van der Waals surface area contributed by atoms with Crippen molar-refractivity contribution in [2.45, 2.75) is 31.4 Å². The largest absolute Gasteiger partial charge is 0.391 e. The minimum atomic E-state index is -0.423. The normalized spacial score (nSPS) is 23.3. The Hall–Kier alpha value is -2.19. The summed E-state index contributed by atoms with van der Waals surface area (Å²) in [6.07, 6.45) is 4.89. The van der Waals surface area contributed by atoms with Crippen molar-refractivity contribution in [1.29, 1.82) is 0 Å². The summed E-state index contributed by atoms with van der Waals surface area (Å²) in [6.45, 7) is 2.26. The Morgan fingerprint density at radius 2 is 2.36 bits per heavy atom. The third-order valence-corrected chi connectivity index (χ3v) is 4.58. The van der Waals surface area contributed by atoms with Gasteiger partial charge in [-0.15, -0.1) is 0 Å². The van der Waals surface area contributed by atoms with Crippen LogP contribution in [0.25, 0.3) is 0 Å². The standard InChI is InChI=1S/C17H25N5O3/c1-18-15-8-16(21-11-20-15)22-10-14(23)7-13(22)9-19-17(24)6-12-2-4-25-5-3-12/h2,8,11,13-14,23H,3-7,9-10H2,1H3,(H,19,24)(H,18,20,21)/t13-,14-/m1/s1. The summed E-state index contributed by atoms with van der Waals surface area (Å²) in [4.78, 5) is 22.6. The molecule has 3 heterocycles. The summed E-state index contributed by atoms with van der Waals surface area (Å²) < 4.78 is 5.26. The van der Waals surface area contributed by atoms with Crippen molar-refractivity contribution in [2.75, 3.05) is 43.6 Å². The summed E-state index contributed by atoms with van der Waals surface area (Å²) in [5.74, 6) is 1.48. The van der Waals surface area contributed by atoms with Gasteiger partial charge in [-0.2, -0.15) is 0 Å². The first-order valence-corrected chi connectivity index (χ1v) is 8.62. The molecule has 1 amide bonds. The van der Waals surface area contributed by atoms with E-state index in [0.717, 1.165) is 23.6 Å². The maximum atomic E-state index is 12.2. The molecule has 0 radical (unpaired) electrons. The first kappa shape index (κ1) is 17.6. The lowest BCUT2D eigenvalue weighted by Crippen LogP contribution is -2.40. The second kappa shape index (κ2) is 8.26. The van der Waals surface area contributed by atoms with Crippen molar-refractivity contribution in [3.05, 3.63) is 24.0 Å². The first-order valence-electron chi connectivity index (χ1n) is 8.62. The number of aliphatic hydroxyl groups is 1. The zero-order valence-corrected chi connectivity index (χ0v) is 14.4. The number of hydrogen-bond acceptors (Lipinski definition) is 7. The van der Waals surface area contributed by atoms with Crippen LogP contribution in [0.2, 0.25) is 0 Å². The quantitative estimate of drug-likeness (QED) is 0.637. The molecule has 1 aromatic heterocycles. The Bertz CT molecular complexity index is 636. The number of amides is 1. The average Bonchev–Trinajstić information content (AvgIpc) is 3.02. The zero-order chi connectivity index (χ0) is 17.6. The van der Waals surface area contributed by atoms with Gasteiger partial charge in [0.05, 0.1) is 25.4 Å². The van der Waals surface area contributed by atoms with E-state index >= 15 is 0 Å². The lowest BCUT2D eigenvalue weighted by molar-refractivity contribution is -0.120. The van der Waals surface area contributed by atoms with Crippen molar-refractivity contribution in [3.63, 3.8) is 0 Å². The number of nitrogens with one attached hydrogen (secondary N) is 2. The molecule has 2 aliphatic rings. The fraction of sp³-hybridized carbons (Fsp3) is 0.588. The van der Waals surface area contributed by atoms with Gasteiger partial charge >= 0.3 is 0 Å². The van der Waals surface area contributed by atoms with Crippen LogP contribution in [0.15, 0.2) is 24.0 Å². The molecule has 0 spiro atoms. The van der Waals surface area contributed by atoms with E-state index in [1.807, 2.05) is 17.0 Å². The highest BCUT2D eigenvalue weighted by molar-refractivity contribution is 5.78. The number of carbonyl (C=O) groups excluding carboxylic acids is 1. The van der Waals surface area contributed by atoms with Gasteiger partial charge in [0.2, 0.25) is 5.91 Å². The van der Waals surface area contributed by atoms with Gasteiger partial charge in [0.1, 0.15) is 18.0 Å². The summed E-state index contributed by atoms with van der Waals surface area (Å²) in [5, 5.41) is 16.0. The van der Waals surface area contributed by atoms with Crippen LogP contribution in [-0.4, -0.2) is 66.5 Å². The van der Waals surface area contributed by atoms with E-state index in [1.165, 1.54) is 6.33 Å². The molecule has 1 fully saturated rings. The van der Waals surface area contributed by atoms with E-state index in [0.29, 0.717) is 39.1 Å². The second-order valence-corrected chi connectivity index (χ2v) is 6.38. The SMILES string of the molecule is CNc1cc(N2C[C@H](O)C[C@@H]2CNC(=O)CC2=CCOCC2)ncn1. The van der Waals surface area contributed by atoms with Crippen molar-refractivity contribution in [3.8, 4) is 0 Å². The number of carbonyl (C=O) groups is 1. The predicted molar refractivity (Wildman–Crippen MR) is 94.5 cm³/mol. The van der Waals surface area contributed by atoms with Crippen LogP contribution >= 0.6 is 0 Å². The predicted octanol–water partition coefficient (Wildman–Crippen LogP) is 0.311. The van der Waals surface area contributed by atoms with E-state index in [9.17, 15) is 9.90 Å². The van der Waals surface area contributed by atoms with Crippen molar-refractivity contribution < 1.29 is 14.6 Å². The number of aliphatic hydroxyl groups excluding tert-OH is 1. The minimum Gasteiger partial charge on any atom is -0.391 e. The van der Waals surface area contributed by atoms with E-state index < -0.39 is 6.10 Å². The number of nitrogens with zero attached hydrogens (tertiary/aromatic N) is 3. The van der Waals surface area contributed by atoms with Crippen LogP contribution < -0.4 is 15.5 Å². The Kier molecular flexibility index (Phi) is 5.83. The van der Waals surface area contributed by atoms with Crippen LogP contribution in [0.3, 0.4) is 0 Å². The number of hydrogen-bond donors (Lipinski definition) is 3. The summed E-state index contributed by atoms with van der Waals surface area (Å²) >= 11 is 0. The number of rotatable bonds is 6. The Morgan fingerprint density at radius 1 is 1.48 bits per heavy atom. The Labute approximate surface area is 147 Å². The molecule has 0 bridgehead atoms. The van der Waals surface area contributed by atoms with Gasteiger partial charge in [-0.1, -0.05) is 11.6 Å². The summed E-state index contributed by atoms with van der Waals surface area (Å²) in [6, 6.07) is 1.86.